The molecule has 0 aromatic heterocycles. The summed E-state index contributed by atoms with van der Waals surface area (Å²) in [5, 5.41) is 0. The number of nitrogens with zero attached hydrogens (tertiary/aromatic N) is 1. The summed E-state index contributed by atoms with van der Waals surface area (Å²) >= 11 is 0. The second-order valence-corrected chi connectivity index (χ2v) is 6.84. The van der Waals surface area contributed by atoms with Crippen molar-refractivity contribution in [3.8, 4) is 0 Å². The van der Waals surface area contributed by atoms with Gasteiger partial charge in [-0.3, -0.25) is 0 Å². The van der Waals surface area contributed by atoms with Crippen LogP contribution in [0.15, 0.2) is 42.5 Å². The van der Waals surface area contributed by atoms with Crippen LogP contribution >= 0.6 is 0 Å². The summed E-state index contributed by atoms with van der Waals surface area (Å²) in [6.45, 7) is 6.52. The van der Waals surface area contributed by atoms with Gasteiger partial charge in [-0.15, -0.1) is 0 Å². The average Bonchev–Trinajstić information content (AvgIpc) is 2.91. The molecule has 1 aliphatic rings. The molecule has 1 saturated heterocycles. The van der Waals surface area contributed by atoms with Gasteiger partial charge in [0.2, 0.25) is 0 Å². The Kier molecular flexibility index (Phi) is 5.64. The molecule has 0 saturated carbocycles. The van der Waals surface area contributed by atoms with Crippen molar-refractivity contribution in [1.29, 1.82) is 0 Å². The van der Waals surface area contributed by atoms with Crippen LogP contribution in [0.25, 0.3) is 0 Å². The zero-order chi connectivity index (χ0) is 16.0. The quantitative estimate of drug-likeness (QED) is 0.762. The maximum atomic E-state index is 12.2. The Morgan fingerprint density at radius 2 is 2.05 bits per heavy atom. The molecule has 0 radical (unpaired) electrons. The molecular formula is C19H27NO2. The van der Waals surface area contributed by atoms with Crippen molar-refractivity contribution in [2.24, 2.45) is 0 Å². The van der Waals surface area contributed by atoms with Gasteiger partial charge in [0.1, 0.15) is 5.60 Å². The first-order valence-electron chi connectivity index (χ1n) is 8.16. The van der Waals surface area contributed by atoms with Gasteiger partial charge in [-0.05, 0) is 52.0 Å². The number of hydrogen-bond acceptors (Lipinski definition) is 2. The minimum atomic E-state index is -0.429. The van der Waals surface area contributed by atoms with E-state index in [-0.39, 0.29) is 12.1 Å². The molecule has 0 aliphatic carbocycles. The highest BCUT2D eigenvalue weighted by Crippen LogP contribution is 2.21. The van der Waals surface area contributed by atoms with Crippen molar-refractivity contribution < 1.29 is 9.53 Å². The first kappa shape index (κ1) is 16.6. The summed E-state index contributed by atoms with van der Waals surface area (Å²) in [5.74, 6) is 0. The maximum absolute atomic E-state index is 12.2. The summed E-state index contributed by atoms with van der Waals surface area (Å²) in [7, 11) is 0. The molecule has 1 aromatic rings. The lowest BCUT2D eigenvalue weighted by Gasteiger charge is -2.27. The lowest BCUT2D eigenvalue weighted by atomic mass is 10.1. The van der Waals surface area contributed by atoms with E-state index in [9.17, 15) is 4.79 Å². The highest BCUT2D eigenvalue weighted by molar-refractivity contribution is 5.69. The molecule has 1 atom stereocenters. The van der Waals surface area contributed by atoms with Crippen LogP contribution in [-0.2, 0) is 11.2 Å². The Bertz CT molecular complexity index is 502. The van der Waals surface area contributed by atoms with Crippen molar-refractivity contribution in [3.05, 3.63) is 48.0 Å². The number of likely N-dealkylation sites (tertiary alicyclic amines) is 1. The molecule has 120 valence electrons. The van der Waals surface area contributed by atoms with E-state index >= 15 is 0 Å². The van der Waals surface area contributed by atoms with Crippen molar-refractivity contribution in [3.63, 3.8) is 0 Å². The number of carbonyl (C=O) groups excluding carboxylic acids is 1. The number of rotatable bonds is 4. The molecule has 0 unspecified atom stereocenters. The summed E-state index contributed by atoms with van der Waals surface area (Å²) in [4.78, 5) is 14.0. The van der Waals surface area contributed by atoms with Crippen molar-refractivity contribution in [1.82, 2.24) is 4.90 Å². The fraction of sp³-hybridized carbons (Fsp3) is 0.526. The third kappa shape index (κ3) is 5.21. The van der Waals surface area contributed by atoms with E-state index in [1.54, 1.807) is 0 Å². The van der Waals surface area contributed by atoms with Gasteiger partial charge >= 0.3 is 6.09 Å². The highest BCUT2D eigenvalue weighted by atomic mass is 16.6. The first-order chi connectivity index (χ1) is 10.5. The molecule has 3 nitrogen and oxygen atoms in total. The van der Waals surface area contributed by atoms with Gasteiger partial charge in [0.05, 0.1) is 6.04 Å². The monoisotopic (exact) mass is 301 g/mol. The Morgan fingerprint density at radius 3 is 2.73 bits per heavy atom. The van der Waals surface area contributed by atoms with Gasteiger partial charge < -0.3 is 9.64 Å². The third-order valence-corrected chi connectivity index (χ3v) is 3.73. The van der Waals surface area contributed by atoms with Crippen LogP contribution in [0.3, 0.4) is 0 Å². The van der Waals surface area contributed by atoms with E-state index < -0.39 is 5.60 Å². The second kappa shape index (κ2) is 7.48. The number of benzene rings is 1. The number of allylic oxidation sites excluding steroid dienone is 1. The van der Waals surface area contributed by atoms with Crippen molar-refractivity contribution in [2.45, 2.75) is 58.1 Å². The third-order valence-electron chi connectivity index (χ3n) is 3.73. The Morgan fingerprint density at radius 1 is 1.32 bits per heavy atom. The van der Waals surface area contributed by atoms with Crippen LogP contribution in [0.5, 0.6) is 0 Å². The van der Waals surface area contributed by atoms with Crippen LogP contribution < -0.4 is 0 Å². The summed E-state index contributed by atoms with van der Waals surface area (Å²) < 4.78 is 5.48. The van der Waals surface area contributed by atoms with Gasteiger partial charge in [-0.25, -0.2) is 4.79 Å². The van der Waals surface area contributed by atoms with E-state index in [0.717, 1.165) is 32.2 Å². The smallest absolute Gasteiger partial charge is 0.410 e. The predicted octanol–water partition coefficient (Wildman–Crippen LogP) is 4.57. The summed E-state index contributed by atoms with van der Waals surface area (Å²) in [5.41, 5.74) is 0.920. The highest BCUT2D eigenvalue weighted by Gasteiger charge is 2.30. The molecule has 1 amide bonds. The average molecular weight is 301 g/mol. The maximum Gasteiger partial charge on any atom is 0.410 e. The molecule has 0 bridgehead atoms. The molecule has 0 N–H and O–H groups in total. The van der Waals surface area contributed by atoms with Crippen LogP contribution in [0.4, 0.5) is 4.79 Å². The Labute approximate surface area is 134 Å². The van der Waals surface area contributed by atoms with Crippen molar-refractivity contribution in [2.75, 3.05) is 6.54 Å². The number of amides is 1. The zero-order valence-electron chi connectivity index (χ0n) is 13.9. The molecule has 22 heavy (non-hydrogen) atoms. The van der Waals surface area contributed by atoms with Crippen LogP contribution in [0.1, 0.15) is 45.6 Å². The predicted molar refractivity (Wildman–Crippen MR) is 89.9 cm³/mol. The molecular weight excluding hydrogens is 274 g/mol. The van der Waals surface area contributed by atoms with Gasteiger partial charge in [0.15, 0.2) is 0 Å². The first-order valence-corrected chi connectivity index (χ1v) is 8.16. The molecule has 1 fully saturated rings. The SMILES string of the molecule is CC(C)(C)OC(=O)N1CCC[C@H]1C=CCCc1ccccc1. The number of hydrogen-bond donors (Lipinski definition) is 0. The van der Waals surface area contributed by atoms with Crippen LogP contribution in [0, 0.1) is 0 Å². The van der Waals surface area contributed by atoms with E-state index in [0.29, 0.717) is 0 Å². The minimum Gasteiger partial charge on any atom is -0.444 e. The molecule has 3 heteroatoms. The fourth-order valence-corrected chi connectivity index (χ4v) is 2.69. The molecule has 2 rings (SSSR count). The minimum absolute atomic E-state index is 0.186. The van der Waals surface area contributed by atoms with Gasteiger partial charge in [-0.2, -0.15) is 0 Å². The Balaban J connectivity index is 1.83. The largest absolute Gasteiger partial charge is 0.444 e. The second-order valence-electron chi connectivity index (χ2n) is 6.84. The van der Waals surface area contributed by atoms with Crippen LogP contribution in [-0.4, -0.2) is 29.2 Å². The molecule has 1 aromatic carbocycles. The lowest BCUT2D eigenvalue weighted by Crippen LogP contribution is -2.39. The molecule has 1 aliphatic heterocycles. The number of aryl methyl sites for hydroxylation is 1. The number of carbonyl (C=O) groups is 1. The fourth-order valence-electron chi connectivity index (χ4n) is 2.69. The Hall–Kier alpha value is -1.77. The standard InChI is InChI=1S/C19H27NO2/c1-19(2,3)22-18(21)20-15-9-14-17(20)13-8-7-12-16-10-5-4-6-11-16/h4-6,8,10-11,13,17H,7,9,12,14-15H2,1-3H3/t17-/m1/s1. The molecule has 1 heterocycles. The summed E-state index contributed by atoms with van der Waals surface area (Å²) in [6, 6.07) is 10.7. The summed E-state index contributed by atoms with van der Waals surface area (Å²) in [6.07, 6.45) is 8.29. The van der Waals surface area contributed by atoms with Gasteiger partial charge in [-0.1, -0.05) is 42.5 Å². The zero-order valence-corrected chi connectivity index (χ0v) is 13.9. The van der Waals surface area contributed by atoms with Gasteiger partial charge in [0.25, 0.3) is 0 Å². The lowest BCUT2D eigenvalue weighted by molar-refractivity contribution is 0.0256. The van der Waals surface area contributed by atoms with E-state index in [2.05, 4.69) is 36.4 Å². The van der Waals surface area contributed by atoms with E-state index in [1.165, 1.54) is 5.56 Å². The van der Waals surface area contributed by atoms with E-state index in [1.807, 2.05) is 31.7 Å². The molecule has 0 spiro atoms. The normalized spacial score (nSPS) is 18.9. The van der Waals surface area contributed by atoms with Crippen molar-refractivity contribution >= 4 is 6.09 Å². The van der Waals surface area contributed by atoms with Crippen LogP contribution in [0.2, 0.25) is 0 Å². The van der Waals surface area contributed by atoms with Gasteiger partial charge in [0, 0.05) is 6.54 Å². The number of ether oxygens (including phenoxy) is 1. The topological polar surface area (TPSA) is 29.5 Å². The van der Waals surface area contributed by atoms with E-state index in [4.69, 9.17) is 4.74 Å².